The molecule has 0 fully saturated rings. The first-order valence-electron chi connectivity index (χ1n) is 2.00. The maximum atomic E-state index is 8.59. The third kappa shape index (κ3) is 144000. The number of hydrogen-bond acceptors (Lipinski definition) is 12. The van der Waals surface area contributed by atoms with Crippen molar-refractivity contribution in [3.63, 3.8) is 0 Å². The van der Waals surface area contributed by atoms with Gasteiger partial charge in [0.2, 0.25) is 0 Å². The van der Waals surface area contributed by atoms with Gasteiger partial charge in [-0.15, -0.1) is 0 Å². The zero-order valence-electron chi connectivity index (χ0n) is 8.53. The van der Waals surface area contributed by atoms with Crippen LogP contribution >= 0.6 is 0 Å². The van der Waals surface area contributed by atoms with E-state index in [1.807, 2.05) is 0 Å². The van der Waals surface area contributed by atoms with Crippen molar-refractivity contribution < 1.29 is 131 Å². The molecular formula is H8Mo4O16. The Morgan fingerprint density at radius 2 is 0.250 bits per heavy atom. The molecule has 0 bridgehead atoms. The zero-order chi connectivity index (χ0) is 14.3. The molecule has 0 rings (SSSR count). The van der Waals surface area contributed by atoms with Gasteiger partial charge in [-0.05, 0) is 0 Å². The van der Waals surface area contributed by atoms with Crippen molar-refractivity contribution in [1.29, 1.82) is 0 Å². The molecular weight excluding hydrogens is 640 g/mol. The van der Waals surface area contributed by atoms with E-state index in [1.54, 1.807) is 0 Å². The van der Waals surface area contributed by atoms with Crippen LogP contribution in [0.2, 0.25) is 0 Å². The van der Waals surface area contributed by atoms with Gasteiger partial charge < -0.3 is 21.9 Å². The summed E-state index contributed by atoms with van der Waals surface area (Å²) in [5.41, 5.74) is 0. The average Bonchev–Trinajstić information content (AvgIpc) is 1.76. The van der Waals surface area contributed by atoms with Crippen molar-refractivity contribution in [3.05, 3.63) is 0 Å². The Balaban J connectivity index is -0.0000000150. The van der Waals surface area contributed by atoms with E-state index >= 15 is 0 Å². The Kier molecular flexibility index (Phi) is 107. The molecule has 128 valence electrons. The van der Waals surface area contributed by atoms with Crippen LogP contribution in [-0.4, -0.2) is 21.9 Å². The van der Waals surface area contributed by atoms with Gasteiger partial charge in [0.1, 0.15) is 0 Å². The van der Waals surface area contributed by atoms with E-state index in [-0.39, 0.29) is 21.9 Å². The topological polar surface area (TPSA) is 331 Å². The predicted octanol–water partition coefficient (Wildman–Crippen LogP) is -4.73. The summed E-state index contributed by atoms with van der Waals surface area (Å²) >= 11 is -16.4. The van der Waals surface area contributed by atoms with Gasteiger partial charge >= 0.3 is 110 Å². The van der Waals surface area contributed by atoms with Crippen LogP contribution in [0.3, 0.4) is 0 Å². The van der Waals surface area contributed by atoms with E-state index < -0.39 is 68.8 Å². The minimum atomic E-state index is -4.11. The van der Waals surface area contributed by atoms with Gasteiger partial charge in [0, 0.05) is 0 Å². The average molecular weight is 648 g/mol. The van der Waals surface area contributed by atoms with Crippen molar-refractivity contribution >= 4 is 0 Å². The third-order valence-corrected chi connectivity index (χ3v) is 0. The Morgan fingerprint density at radius 1 is 0.250 bits per heavy atom. The van der Waals surface area contributed by atoms with Crippen molar-refractivity contribution in [2.75, 3.05) is 0 Å². The van der Waals surface area contributed by atoms with Gasteiger partial charge in [0.15, 0.2) is 0 Å². The van der Waals surface area contributed by atoms with Gasteiger partial charge in [-0.25, -0.2) is 0 Å². The monoisotopic (exact) mass is 656 g/mol. The first-order valence-corrected chi connectivity index (χ1v) is 11.8. The molecule has 0 unspecified atom stereocenters. The van der Waals surface area contributed by atoms with Crippen LogP contribution in [0.15, 0.2) is 0 Å². The molecule has 20 heavy (non-hydrogen) atoms. The molecule has 0 aliphatic carbocycles. The summed E-state index contributed by atoms with van der Waals surface area (Å²) < 4.78 is 103. The summed E-state index contributed by atoms with van der Waals surface area (Å²) in [4.78, 5) is 0. The van der Waals surface area contributed by atoms with Gasteiger partial charge in [-0.3, -0.25) is 0 Å². The van der Waals surface area contributed by atoms with Crippen LogP contribution in [0.4, 0.5) is 0 Å². The molecule has 0 spiro atoms. The van der Waals surface area contributed by atoms with E-state index in [9.17, 15) is 0 Å². The molecule has 16 nitrogen and oxygen atoms in total. The molecule has 0 aromatic heterocycles. The van der Waals surface area contributed by atoms with Gasteiger partial charge in [0.25, 0.3) is 0 Å². The standard InChI is InChI=1S/4Mo.4H2O.12O/h;;;;4*1H2;;;;;;;;;;;;. The summed E-state index contributed by atoms with van der Waals surface area (Å²) in [5.74, 6) is 0. The molecule has 0 aromatic carbocycles. The van der Waals surface area contributed by atoms with Crippen molar-refractivity contribution in [2.45, 2.75) is 0 Å². The summed E-state index contributed by atoms with van der Waals surface area (Å²) in [6.07, 6.45) is 0. The van der Waals surface area contributed by atoms with E-state index in [0.717, 1.165) is 0 Å². The molecule has 0 saturated heterocycles. The second kappa shape index (κ2) is 42.7. The van der Waals surface area contributed by atoms with Crippen molar-refractivity contribution in [2.24, 2.45) is 0 Å². The summed E-state index contributed by atoms with van der Waals surface area (Å²) in [6.45, 7) is 0. The first-order chi connectivity index (χ1) is 6.93. The minimum absolute atomic E-state index is 0. The van der Waals surface area contributed by atoms with Crippen molar-refractivity contribution in [1.82, 2.24) is 0 Å². The molecule has 0 aromatic rings. The Morgan fingerprint density at radius 3 is 0.250 bits per heavy atom. The second-order valence-corrected chi connectivity index (χ2v) is 4.83. The molecule has 0 aliphatic heterocycles. The SMILES string of the molecule is O.O.O.O.[O]=[Mo](=[O])=[O].[O]=[Mo](=[O])=[O].[O]=[Mo](=[O])=[O].[O]=[Mo](=[O])=[O]. The molecule has 0 saturated carbocycles. The Hall–Kier alpha value is 0.193. The van der Waals surface area contributed by atoms with Crippen LogP contribution < -0.4 is 0 Å². The van der Waals surface area contributed by atoms with Crippen LogP contribution in [0.25, 0.3) is 0 Å². The molecule has 0 radical (unpaired) electrons. The fourth-order valence-corrected chi connectivity index (χ4v) is 0. The fourth-order valence-electron chi connectivity index (χ4n) is 0. The van der Waals surface area contributed by atoms with E-state index in [1.165, 1.54) is 0 Å². The quantitative estimate of drug-likeness (QED) is 0.224. The Bertz CT molecular complexity index is 412. The van der Waals surface area contributed by atoms with Crippen LogP contribution in [0.5, 0.6) is 0 Å². The molecule has 0 heterocycles. The zero-order valence-corrected chi connectivity index (χ0v) is 16.6. The predicted molar refractivity (Wildman–Crippen MR) is 22.7 cm³/mol. The summed E-state index contributed by atoms with van der Waals surface area (Å²) in [7, 11) is 0. The fraction of sp³-hybridized carbons (Fsp3) is 0. The maximum absolute atomic E-state index is 8.59. The normalized spacial score (nSPS) is 4.80. The number of rotatable bonds is 0. The summed E-state index contributed by atoms with van der Waals surface area (Å²) in [5, 5.41) is 0. The first kappa shape index (κ1) is 50.0. The second-order valence-electron chi connectivity index (χ2n) is 0.816. The molecule has 8 N–H and O–H groups in total. The molecule has 0 amide bonds. The van der Waals surface area contributed by atoms with Gasteiger partial charge in [0.05, 0.1) is 0 Å². The van der Waals surface area contributed by atoms with E-state index in [0.29, 0.717) is 0 Å². The molecule has 0 aliphatic rings. The van der Waals surface area contributed by atoms with Crippen LogP contribution in [-0.2, 0) is 110 Å². The number of hydrogen-bond donors (Lipinski definition) is 0. The van der Waals surface area contributed by atoms with E-state index in [2.05, 4.69) is 0 Å². The molecule has 20 heteroatoms. The molecule has 0 atom stereocenters. The van der Waals surface area contributed by atoms with Gasteiger partial charge in [-0.1, -0.05) is 0 Å². The third-order valence-electron chi connectivity index (χ3n) is 0. The van der Waals surface area contributed by atoms with Gasteiger partial charge in [-0.2, -0.15) is 0 Å². The van der Waals surface area contributed by atoms with E-state index in [4.69, 9.17) is 40.8 Å². The Labute approximate surface area is 130 Å². The summed E-state index contributed by atoms with van der Waals surface area (Å²) in [6, 6.07) is 0. The van der Waals surface area contributed by atoms with Crippen LogP contribution in [0.1, 0.15) is 0 Å². The van der Waals surface area contributed by atoms with Crippen LogP contribution in [0, 0.1) is 0 Å². The van der Waals surface area contributed by atoms with Crippen molar-refractivity contribution in [3.8, 4) is 0 Å².